The predicted molar refractivity (Wildman–Crippen MR) is 220 cm³/mol. The standard InChI is InChI=1S/C35H51N3O4.C4H8.C2H5N.CH3NO2.3H2/c1-7-36-34(40)24(2)38(32(39)22-35(3,4)5)23-27-17-19-28-29-21-26(41-6)18-20-30(29)37-31(33(28)42-27)16-10-8-9-13-25-14-11-12-15-25;1-4-2-3-4;1-2-3;2-1(3)4;;;/h7,18,20-21,24-25,27H,1,8-17,19,22-23H2,2-6H3,(H,36,40);4H,2-3H2,1H3;2H,1,3H2;2H2,(H,3,4);3*1H/t24-,27-;;;;;;/m0....../s1. The van der Waals surface area contributed by atoms with E-state index in [1.807, 2.05) is 32.9 Å². The van der Waals surface area contributed by atoms with E-state index in [4.69, 9.17) is 24.4 Å². The third kappa shape index (κ3) is 16.5. The molecule has 53 heavy (non-hydrogen) atoms. The molecule has 2 aromatic rings. The summed E-state index contributed by atoms with van der Waals surface area (Å²) in [6, 6.07) is 5.42. The van der Waals surface area contributed by atoms with Crippen molar-refractivity contribution in [1.29, 1.82) is 0 Å². The number of fused-ring (bicyclic) bond motifs is 3. The highest BCUT2D eigenvalue weighted by Crippen LogP contribution is 2.38. The molecule has 0 radical (unpaired) electrons. The van der Waals surface area contributed by atoms with Crippen molar-refractivity contribution >= 4 is 28.8 Å². The van der Waals surface area contributed by atoms with Gasteiger partial charge in [-0.05, 0) is 80.5 Å². The number of hydrogen-bond acceptors (Lipinski definition) is 7. The molecule has 0 bridgehead atoms. The minimum atomic E-state index is -1.33. The summed E-state index contributed by atoms with van der Waals surface area (Å²) in [7, 11) is 1.68. The maximum absolute atomic E-state index is 13.5. The maximum Gasteiger partial charge on any atom is 0.402 e. The van der Waals surface area contributed by atoms with Crippen molar-refractivity contribution in [3.8, 4) is 11.5 Å². The van der Waals surface area contributed by atoms with E-state index in [1.54, 1.807) is 18.9 Å². The Morgan fingerprint density at radius 2 is 1.75 bits per heavy atom. The van der Waals surface area contributed by atoms with E-state index in [-0.39, 0.29) is 27.6 Å². The van der Waals surface area contributed by atoms with Crippen LogP contribution >= 0.6 is 0 Å². The van der Waals surface area contributed by atoms with E-state index in [2.05, 4.69) is 42.9 Å². The van der Waals surface area contributed by atoms with E-state index in [0.29, 0.717) is 13.0 Å². The SMILES string of the molecule is C=CN.C=CNC(=O)[C@H](C)N(C[C@@H]1CCc2c(c(CCCCCC3CCCC3)nc3ccc(OC)cc23)O1)C(=O)CC(C)(C)C.CC1CC1.NC(=O)O.[HH].[HH].[HH]. The molecule has 2 heterocycles. The molecule has 3 aliphatic rings. The number of carbonyl (C=O) groups excluding carboxylic acids is 2. The number of carbonyl (C=O) groups is 3. The van der Waals surface area contributed by atoms with Crippen LogP contribution in [-0.2, 0) is 22.4 Å². The first-order valence-corrected chi connectivity index (χ1v) is 19.3. The van der Waals surface area contributed by atoms with Crippen molar-refractivity contribution in [3.63, 3.8) is 0 Å². The fourth-order valence-corrected chi connectivity index (χ4v) is 6.67. The van der Waals surface area contributed by atoms with Crippen LogP contribution in [0.5, 0.6) is 11.5 Å². The Morgan fingerprint density at radius 3 is 2.30 bits per heavy atom. The molecule has 11 nitrogen and oxygen atoms in total. The lowest BCUT2D eigenvalue weighted by Crippen LogP contribution is -2.51. The Kier molecular flexibility index (Phi) is 19.2. The summed E-state index contributed by atoms with van der Waals surface area (Å²) in [5.41, 5.74) is 11.6. The Balaban J connectivity index is 0. The topological polar surface area (TPSA) is 170 Å². The smallest absolute Gasteiger partial charge is 0.402 e. The van der Waals surface area contributed by atoms with Crippen molar-refractivity contribution in [2.45, 2.75) is 137 Å². The van der Waals surface area contributed by atoms with Crippen LogP contribution in [0.2, 0.25) is 0 Å². The Hall–Kier alpha value is -4.28. The number of aryl methyl sites for hydroxylation is 2. The number of primary amides is 1. The predicted octanol–water partition coefficient (Wildman–Crippen LogP) is 9.01. The van der Waals surface area contributed by atoms with Crippen molar-refractivity contribution in [2.24, 2.45) is 28.7 Å². The maximum atomic E-state index is 13.5. The number of nitrogens with two attached hydrogens (primary N) is 2. The molecule has 11 heteroatoms. The van der Waals surface area contributed by atoms with Gasteiger partial charge < -0.3 is 36.3 Å². The number of aromatic nitrogens is 1. The number of nitrogens with one attached hydrogen (secondary N) is 1. The summed E-state index contributed by atoms with van der Waals surface area (Å²) in [5.74, 6) is 3.37. The Morgan fingerprint density at radius 1 is 1.13 bits per heavy atom. The summed E-state index contributed by atoms with van der Waals surface area (Å²) in [6.45, 7) is 17.3. The van der Waals surface area contributed by atoms with Crippen LogP contribution in [0.25, 0.3) is 10.9 Å². The van der Waals surface area contributed by atoms with Gasteiger partial charge in [-0.1, -0.05) is 98.6 Å². The lowest BCUT2D eigenvalue weighted by molar-refractivity contribution is -0.142. The largest absolute Gasteiger partial charge is 0.497 e. The van der Waals surface area contributed by atoms with E-state index in [1.165, 1.54) is 75.8 Å². The number of pyridine rings is 1. The number of carboxylic acid groups (broad SMARTS) is 1. The van der Waals surface area contributed by atoms with E-state index in [9.17, 15) is 9.59 Å². The summed E-state index contributed by atoms with van der Waals surface area (Å²) in [6.07, 6.45) is 17.3. The first-order valence-electron chi connectivity index (χ1n) is 19.3. The molecule has 0 saturated heterocycles. The van der Waals surface area contributed by atoms with E-state index >= 15 is 0 Å². The third-order valence-electron chi connectivity index (χ3n) is 9.68. The number of nitrogens with zero attached hydrogens (tertiary/aromatic N) is 2. The Labute approximate surface area is 322 Å². The van der Waals surface area contributed by atoms with Gasteiger partial charge in [0, 0.05) is 21.7 Å². The van der Waals surface area contributed by atoms with Gasteiger partial charge in [0.2, 0.25) is 11.8 Å². The van der Waals surface area contributed by atoms with Crippen LogP contribution in [-0.4, -0.2) is 58.7 Å². The molecule has 1 aromatic carbocycles. The minimum absolute atomic E-state index is 0. The number of rotatable bonds is 13. The Bertz CT molecular complexity index is 1490. The molecular formula is C42H73N5O6. The first kappa shape index (κ1) is 44.9. The highest BCUT2D eigenvalue weighted by atomic mass is 16.5. The van der Waals surface area contributed by atoms with Crippen LogP contribution in [0, 0.1) is 17.3 Å². The summed E-state index contributed by atoms with van der Waals surface area (Å²) >= 11 is 0. The summed E-state index contributed by atoms with van der Waals surface area (Å²) in [4.78, 5) is 41.8. The highest BCUT2D eigenvalue weighted by Gasteiger charge is 2.33. The fourth-order valence-electron chi connectivity index (χ4n) is 6.67. The molecule has 2 aliphatic carbocycles. The van der Waals surface area contributed by atoms with Gasteiger partial charge >= 0.3 is 6.09 Å². The second kappa shape index (κ2) is 22.7. The summed E-state index contributed by atoms with van der Waals surface area (Å²) < 4.78 is 12.3. The molecule has 1 aliphatic heterocycles. The zero-order chi connectivity index (χ0) is 39.6. The van der Waals surface area contributed by atoms with Gasteiger partial charge in [0.1, 0.15) is 23.6 Å². The van der Waals surface area contributed by atoms with Gasteiger partial charge in [-0.2, -0.15) is 0 Å². The van der Waals surface area contributed by atoms with E-state index in [0.717, 1.165) is 65.6 Å². The lowest BCUT2D eigenvalue weighted by Gasteiger charge is -2.36. The van der Waals surface area contributed by atoms with Gasteiger partial charge in [0.25, 0.3) is 0 Å². The molecular weight excluding hydrogens is 670 g/mol. The van der Waals surface area contributed by atoms with Crippen LogP contribution in [0.15, 0.2) is 43.8 Å². The van der Waals surface area contributed by atoms with Crippen molar-refractivity contribution in [3.05, 3.63) is 55.0 Å². The molecule has 2 saturated carbocycles. The summed E-state index contributed by atoms with van der Waals surface area (Å²) in [5, 5.41) is 10.9. The average molecular weight is 744 g/mol. The third-order valence-corrected chi connectivity index (χ3v) is 9.68. The van der Waals surface area contributed by atoms with Crippen LogP contribution in [0.3, 0.4) is 0 Å². The number of benzene rings is 1. The van der Waals surface area contributed by atoms with E-state index < -0.39 is 12.1 Å². The normalized spacial score (nSPS) is 16.8. The van der Waals surface area contributed by atoms with Crippen molar-refractivity contribution in [1.82, 2.24) is 15.2 Å². The first-order chi connectivity index (χ1) is 25.1. The monoisotopic (exact) mass is 744 g/mol. The number of ether oxygens (including phenoxy) is 2. The molecule has 6 N–H and O–H groups in total. The second-order valence-electron chi connectivity index (χ2n) is 15.7. The zero-order valence-electron chi connectivity index (χ0n) is 33.3. The number of hydrogen-bond donors (Lipinski definition) is 4. The molecule has 0 unspecified atom stereocenters. The number of amides is 3. The second-order valence-corrected chi connectivity index (χ2v) is 15.7. The molecule has 0 spiro atoms. The van der Waals surface area contributed by atoms with Crippen LogP contribution in [0.4, 0.5) is 4.79 Å². The molecule has 1 aromatic heterocycles. The average Bonchev–Trinajstić information content (AvgIpc) is 3.70. The van der Waals surface area contributed by atoms with Crippen molar-refractivity contribution in [2.75, 3.05) is 13.7 Å². The van der Waals surface area contributed by atoms with Gasteiger partial charge in [-0.25, -0.2) is 9.78 Å². The van der Waals surface area contributed by atoms with Crippen LogP contribution in [0.1, 0.15) is 127 Å². The highest BCUT2D eigenvalue weighted by molar-refractivity contribution is 5.88. The zero-order valence-corrected chi connectivity index (χ0v) is 33.3. The fraction of sp³-hybridized carbons (Fsp3) is 0.619. The van der Waals surface area contributed by atoms with Crippen molar-refractivity contribution < 1.29 is 33.2 Å². The van der Waals surface area contributed by atoms with Gasteiger partial charge in [-0.15, -0.1) is 0 Å². The molecule has 2 fully saturated rings. The molecule has 3 amide bonds. The van der Waals surface area contributed by atoms with Crippen LogP contribution < -0.4 is 26.3 Å². The molecule has 302 valence electrons. The van der Waals surface area contributed by atoms with Gasteiger partial charge in [-0.3, -0.25) is 9.59 Å². The molecule has 5 rings (SSSR count). The molecule has 2 atom stereocenters. The van der Waals surface area contributed by atoms with Gasteiger partial charge in [0.05, 0.1) is 24.9 Å². The van der Waals surface area contributed by atoms with Gasteiger partial charge in [0.15, 0.2) is 0 Å². The number of methoxy groups -OCH3 is 1. The minimum Gasteiger partial charge on any atom is -0.497 e. The quantitative estimate of drug-likeness (QED) is 0.147. The number of unbranched alkanes of at least 4 members (excludes halogenated alkanes) is 2. The lowest BCUT2D eigenvalue weighted by atomic mass is 9.91.